The van der Waals surface area contributed by atoms with Crippen molar-refractivity contribution in [1.29, 1.82) is 0 Å². The van der Waals surface area contributed by atoms with Crippen molar-refractivity contribution >= 4 is 5.91 Å². The van der Waals surface area contributed by atoms with E-state index in [4.69, 9.17) is 14.2 Å². The van der Waals surface area contributed by atoms with Gasteiger partial charge in [-0.1, -0.05) is 0 Å². The summed E-state index contributed by atoms with van der Waals surface area (Å²) in [5.74, 6) is -0.0678. The lowest BCUT2D eigenvalue weighted by atomic mass is 10.4. The molecule has 1 N–H and O–H groups in total. The summed E-state index contributed by atoms with van der Waals surface area (Å²) in [6, 6.07) is 0.160. The molecular formula is C14H29NO4. The molecule has 0 fully saturated rings. The number of ether oxygens (including phenoxy) is 3. The average molecular weight is 275 g/mol. The van der Waals surface area contributed by atoms with Crippen molar-refractivity contribution in [2.24, 2.45) is 0 Å². The van der Waals surface area contributed by atoms with Crippen LogP contribution in [0, 0.1) is 0 Å². The molecule has 19 heavy (non-hydrogen) atoms. The SMILES string of the molecule is CC(C)NC(=O)COCCCOCCCOC(C)C. The largest absolute Gasteiger partial charge is 0.381 e. The van der Waals surface area contributed by atoms with Crippen molar-refractivity contribution in [3.8, 4) is 0 Å². The molecule has 1 amide bonds. The fraction of sp³-hybridized carbons (Fsp3) is 0.929. The van der Waals surface area contributed by atoms with E-state index in [-0.39, 0.29) is 24.7 Å². The monoisotopic (exact) mass is 275 g/mol. The highest BCUT2D eigenvalue weighted by atomic mass is 16.5. The Hall–Kier alpha value is -0.650. The fourth-order valence-corrected chi connectivity index (χ4v) is 1.37. The topological polar surface area (TPSA) is 56.8 Å². The second kappa shape index (κ2) is 12.4. The molecule has 0 aromatic rings. The summed E-state index contributed by atoms with van der Waals surface area (Å²) in [4.78, 5) is 11.2. The van der Waals surface area contributed by atoms with Gasteiger partial charge in [0.2, 0.25) is 5.91 Å². The highest BCUT2D eigenvalue weighted by Crippen LogP contribution is 1.92. The van der Waals surface area contributed by atoms with Crippen molar-refractivity contribution < 1.29 is 19.0 Å². The first kappa shape index (κ1) is 18.4. The zero-order valence-corrected chi connectivity index (χ0v) is 12.7. The van der Waals surface area contributed by atoms with Crippen LogP contribution in [0.1, 0.15) is 40.5 Å². The molecule has 0 rings (SSSR count). The molecular weight excluding hydrogens is 246 g/mol. The Kier molecular flexibility index (Phi) is 12.0. The number of nitrogens with one attached hydrogen (secondary N) is 1. The van der Waals surface area contributed by atoms with Crippen LogP contribution in [0.2, 0.25) is 0 Å². The maximum Gasteiger partial charge on any atom is 0.246 e. The van der Waals surface area contributed by atoms with E-state index in [9.17, 15) is 4.79 Å². The Morgan fingerprint density at radius 2 is 1.53 bits per heavy atom. The van der Waals surface area contributed by atoms with Crippen molar-refractivity contribution in [2.75, 3.05) is 33.0 Å². The molecule has 0 saturated heterocycles. The molecule has 0 aromatic heterocycles. The standard InChI is InChI=1S/C14H29NO4/c1-12(2)15-14(16)11-18-9-5-7-17-8-6-10-19-13(3)4/h12-13H,5-11H2,1-4H3,(H,15,16). The molecule has 0 saturated carbocycles. The van der Waals surface area contributed by atoms with Crippen LogP contribution in [0.3, 0.4) is 0 Å². The van der Waals surface area contributed by atoms with E-state index in [1.807, 2.05) is 27.7 Å². The van der Waals surface area contributed by atoms with Gasteiger partial charge in [0.15, 0.2) is 0 Å². The van der Waals surface area contributed by atoms with Gasteiger partial charge < -0.3 is 19.5 Å². The molecule has 0 spiro atoms. The zero-order valence-electron chi connectivity index (χ0n) is 12.7. The third kappa shape index (κ3) is 15.3. The highest BCUT2D eigenvalue weighted by Gasteiger charge is 2.02. The molecule has 0 radical (unpaired) electrons. The first-order valence-electron chi connectivity index (χ1n) is 7.08. The van der Waals surface area contributed by atoms with Gasteiger partial charge in [-0.05, 0) is 40.5 Å². The van der Waals surface area contributed by atoms with Crippen LogP contribution in [0.25, 0.3) is 0 Å². The van der Waals surface area contributed by atoms with Crippen molar-refractivity contribution in [1.82, 2.24) is 5.32 Å². The van der Waals surface area contributed by atoms with Crippen LogP contribution in [-0.4, -0.2) is 51.1 Å². The maximum absolute atomic E-state index is 11.2. The molecule has 0 unspecified atom stereocenters. The molecule has 114 valence electrons. The molecule has 5 nitrogen and oxygen atoms in total. The lowest BCUT2D eigenvalue weighted by Crippen LogP contribution is -2.33. The van der Waals surface area contributed by atoms with Gasteiger partial charge >= 0.3 is 0 Å². The quantitative estimate of drug-likeness (QED) is 0.551. The Balaban J connectivity index is 3.13. The number of amides is 1. The minimum absolute atomic E-state index is 0.0678. The summed E-state index contributed by atoms with van der Waals surface area (Å²) >= 11 is 0. The van der Waals surface area contributed by atoms with E-state index in [1.165, 1.54) is 0 Å². The molecule has 5 heteroatoms. The average Bonchev–Trinajstić information content (AvgIpc) is 2.30. The Morgan fingerprint density at radius 1 is 0.947 bits per heavy atom. The first-order chi connectivity index (χ1) is 9.02. The normalized spacial score (nSPS) is 11.3. The molecule has 0 aliphatic heterocycles. The van der Waals surface area contributed by atoms with Gasteiger partial charge in [-0.3, -0.25) is 4.79 Å². The predicted molar refractivity (Wildman–Crippen MR) is 75.2 cm³/mol. The van der Waals surface area contributed by atoms with Gasteiger partial charge in [0.05, 0.1) is 6.10 Å². The summed E-state index contributed by atoms with van der Waals surface area (Å²) < 4.78 is 16.1. The van der Waals surface area contributed by atoms with Crippen molar-refractivity contribution in [3.63, 3.8) is 0 Å². The lowest BCUT2D eigenvalue weighted by molar-refractivity contribution is -0.126. The van der Waals surface area contributed by atoms with Crippen LogP contribution in [0.5, 0.6) is 0 Å². The number of hydrogen-bond acceptors (Lipinski definition) is 4. The molecule has 0 aliphatic carbocycles. The molecule has 0 bridgehead atoms. The highest BCUT2D eigenvalue weighted by molar-refractivity contribution is 5.77. The zero-order chi connectivity index (χ0) is 14.5. The first-order valence-corrected chi connectivity index (χ1v) is 7.08. The van der Waals surface area contributed by atoms with Crippen LogP contribution >= 0.6 is 0 Å². The van der Waals surface area contributed by atoms with Crippen LogP contribution in [-0.2, 0) is 19.0 Å². The minimum Gasteiger partial charge on any atom is -0.381 e. The van der Waals surface area contributed by atoms with Gasteiger partial charge in [0, 0.05) is 32.5 Å². The van der Waals surface area contributed by atoms with Crippen molar-refractivity contribution in [3.05, 3.63) is 0 Å². The van der Waals surface area contributed by atoms with Gasteiger partial charge in [-0.2, -0.15) is 0 Å². The summed E-state index contributed by atoms with van der Waals surface area (Å²) in [5.41, 5.74) is 0. The maximum atomic E-state index is 11.2. The molecule has 0 aliphatic rings. The summed E-state index contributed by atoms with van der Waals surface area (Å²) in [7, 11) is 0. The number of rotatable bonds is 12. The van der Waals surface area contributed by atoms with Crippen LogP contribution in [0.4, 0.5) is 0 Å². The van der Waals surface area contributed by atoms with Gasteiger partial charge in [-0.25, -0.2) is 0 Å². The number of carbonyl (C=O) groups excluding carboxylic acids is 1. The third-order valence-electron chi connectivity index (χ3n) is 2.14. The van der Waals surface area contributed by atoms with E-state index in [0.717, 1.165) is 19.4 Å². The predicted octanol–water partition coefficient (Wildman–Crippen LogP) is 1.75. The minimum atomic E-state index is -0.0678. The molecule has 0 atom stereocenters. The Morgan fingerprint density at radius 3 is 2.11 bits per heavy atom. The van der Waals surface area contributed by atoms with E-state index in [1.54, 1.807) is 0 Å². The molecule has 0 aromatic carbocycles. The Labute approximate surface area is 117 Å². The third-order valence-corrected chi connectivity index (χ3v) is 2.14. The number of carbonyl (C=O) groups is 1. The van der Waals surface area contributed by atoms with Crippen molar-refractivity contribution in [2.45, 2.75) is 52.7 Å². The lowest BCUT2D eigenvalue weighted by Gasteiger charge is -2.09. The fourth-order valence-electron chi connectivity index (χ4n) is 1.37. The smallest absolute Gasteiger partial charge is 0.246 e. The number of hydrogen-bond donors (Lipinski definition) is 1. The Bertz CT molecular complexity index is 219. The van der Waals surface area contributed by atoms with Gasteiger partial charge in [-0.15, -0.1) is 0 Å². The second-order valence-electron chi connectivity index (χ2n) is 5.01. The van der Waals surface area contributed by atoms with E-state index in [0.29, 0.717) is 19.8 Å². The van der Waals surface area contributed by atoms with Crippen LogP contribution in [0.15, 0.2) is 0 Å². The summed E-state index contributed by atoms with van der Waals surface area (Å²) in [6.45, 7) is 10.7. The second-order valence-corrected chi connectivity index (χ2v) is 5.01. The summed E-state index contributed by atoms with van der Waals surface area (Å²) in [5, 5.41) is 2.77. The van der Waals surface area contributed by atoms with Gasteiger partial charge in [0.1, 0.15) is 6.61 Å². The summed E-state index contributed by atoms with van der Waals surface area (Å²) in [6.07, 6.45) is 2.00. The van der Waals surface area contributed by atoms with E-state index >= 15 is 0 Å². The molecule has 0 heterocycles. The van der Waals surface area contributed by atoms with E-state index in [2.05, 4.69) is 5.32 Å². The van der Waals surface area contributed by atoms with E-state index < -0.39 is 0 Å². The van der Waals surface area contributed by atoms with Gasteiger partial charge in [0.25, 0.3) is 0 Å². The van der Waals surface area contributed by atoms with Crippen LogP contribution < -0.4 is 5.32 Å².